The Bertz CT molecular complexity index is 746. The largest absolute Gasteiger partial charge is 0.374 e. The lowest BCUT2D eigenvalue weighted by Crippen LogP contribution is -2.33. The van der Waals surface area contributed by atoms with Crippen LogP contribution in [0, 0.1) is 17.0 Å². The molecule has 6 heteroatoms. The number of aryl methyl sites for hydroxylation is 1. The fourth-order valence-electron chi connectivity index (χ4n) is 2.83. The molecule has 1 N–H and O–H groups in total. The number of hydrogen-bond acceptors (Lipinski definition) is 4. The van der Waals surface area contributed by atoms with E-state index in [-0.39, 0.29) is 17.6 Å². The van der Waals surface area contributed by atoms with Gasteiger partial charge in [-0.3, -0.25) is 14.9 Å². The Morgan fingerprint density at radius 1 is 1.22 bits per heavy atom. The molecule has 1 heterocycles. The molecule has 1 saturated heterocycles. The summed E-state index contributed by atoms with van der Waals surface area (Å²) in [5.41, 5.74) is 2.27. The number of nitro groups is 1. The Labute approximate surface area is 133 Å². The molecule has 1 atom stereocenters. The molecule has 3 rings (SSSR count). The second-order valence-corrected chi connectivity index (χ2v) is 5.57. The van der Waals surface area contributed by atoms with Crippen molar-refractivity contribution in [1.82, 2.24) is 0 Å². The van der Waals surface area contributed by atoms with E-state index in [2.05, 4.69) is 5.32 Å². The standard InChI is InChI=1S/C17H17N3O3/c1-12-11-13(7-8-16(12)20(22)23)18-15-9-10-19(17(15)21)14-5-3-2-4-6-14/h2-8,11,15,18H,9-10H2,1H3. The van der Waals surface area contributed by atoms with Crippen molar-refractivity contribution in [3.8, 4) is 0 Å². The third kappa shape index (κ3) is 3.01. The molecule has 0 spiro atoms. The van der Waals surface area contributed by atoms with E-state index in [1.807, 2.05) is 30.3 Å². The normalized spacial score (nSPS) is 17.3. The van der Waals surface area contributed by atoms with Gasteiger partial charge in [-0.15, -0.1) is 0 Å². The van der Waals surface area contributed by atoms with Gasteiger partial charge in [-0.05, 0) is 37.6 Å². The molecule has 23 heavy (non-hydrogen) atoms. The highest BCUT2D eigenvalue weighted by Crippen LogP contribution is 2.26. The molecular weight excluding hydrogens is 294 g/mol. The van der Waals surface area contributed by atoms with Crippen LogP contribution in [0.1, 0.15) is 12.0 Å². The number of carbonyl (C=O) groups excluding carboxylic acids is 1. The monoisotopic (exact) mass is 311 g/mol. The van der Waals surface area contributed by atoms with Crippen LogP contribution in [0.2, 0.25) is 0 Å². The minimum absolute atomic E-state index is 0.0206. The summed E-state index contributed by atoms with van der Waals surface area (Å²) < 4.78 is 0. The van der Waals surface area contributed by atoms with Crippen LogP contribution < -0.4 is 10.2 Å². The van der Waals surface area contributed by atoms with Gasteiger partial charge in [0.25, 0.3) is 5.69 Å². The molecule has 0 bridgehead atoms. The second kappa shape index (κ2) is 6.08. The van der Waals surface area contributed by atoms with Crippen molar-refractivity contribution in [2.45, 2.75) is 19.4 Å². The summed E-state index contributed by atoms with van der Waals surface area (Å²) in [6.07, 6.45) is 0.698. The summed E-state index contributed by atoms with van der Waals surface area (Å²) in [5, 5.41) is 14.0. The predicted molar refractivity (Wildman–Crippen MR) is 88.7 cm³/mol. The van der Waals surface area contributed by atoms with Gasteiger partial charge in [-0.25, -0.2) is 0 Å². The number of rotatable bonds is 4. The molecule has 118 valence electrons. The molecule has 6 nitrogen and oxygen atoms in total. The number of nitrogens with one attached hydrogen (secondary N) is 1. The molecule has 2 aromatic rings. The van der Waals surface area contributed by atoms with Crippen LogP contribution in [0.5, 0.6) is 0 Å². The van der Waals surface area contributed by atoms with Gasteiger partial charge in [-0.1, -0.05) is 18.2 Å². The van der Waals surface area contributed by atoms with Crippen LogP contribution in [0.15, 0.2) is 48.5 Å². The van der Waals surface area contributed by atoms with Crippen molar-refractivity contribution in [2.24, 2.45) is 0 Å². The zero-order chi connectivity index (χ0) is 16.4. The third-order valence-corrected chi connectivity index (χ3v) is 4.01. The zero-order valence-corrected chi connectivity index (χ0v) is 12.7. The Kier molecular flexibility index (Phi) is 3.97. The lowest BCUT2D eigenvalue weighted by Gasteiger charge is -2.17. The van der Waals surface area contributed by atoms with E-state index in [1.165, 1.54) is 6.07 Å². The van der Waals surface area contributed by atoms with E-state index >= 15 is 0 Å². The highest BCUT2D eigenvalue weighted by Gasteiger charge is 2.32. The van der Waals surface area contributed by atoms with Gasteiger partial charge in [0.1, 0.15) is 6.04 Å². The molecule has 1 fully saturated rings. The molecular formula is C17H17N3O3. The van der Waals surface area contributed by atoms with Crippen molar-refractivity contribution >= 4 is 23.0 Å². The maximum atomic E-state index is 12.5. The predicted octanol–water partition coefficient (Wildman–Crippen LogP) is 3.12. The van der Waals surface area contributed by atoms with E-state index < -0.39 is 4.92 Å². The first kappa shape index (κ1) is 15.0. The van der Waals surface area contributed by atoms with E-state index in [4.69, 9.17) is 0 Å². The molecule has 1 amide bonds. The number of para-hydroxylation sites is 1. The van der Waals surface area contributed by atoms with Gasteiger partial charge in [0.05, 0.1) is 4.92 Å². The van der Waals surface area contributed by atoms with Gasteiger partial charge in [0.2, 0.25) is 5.91 Å². The van der Waals surface area contributed by atoms with Gasteiger partial charge in [-0.2, -0.15) is 0 Å². The lowest BCUT2D eigenvalue weighted by atomic mass is 10.1. The fourth-order valence-corrected chi connectivity index (χ4v) is 2.83. The van der Waals surface area contributed by atoms with Crippen LogP contribution in [0.4, 0.5) is 17.1 Å². The Morgan fingerprint density at radius 2 is 1.96 bits per heavy atom. The SMILES string of the molecule is Cc1cc(NC2CCN(c3ccccc3)C2=O)ccc1[N+](=O)[O-]. The molecule has 1 aliphatic heterocycles. The van der Waals surface area contributed by atoms with Crippen molar-refractivity contribution in [1.29, 1.82) is 0 Å². The topological polar surface area (TPSA) is 75.5 Å². The van der Waals surface area contributed by atoms with Crippen LogP contribution >= 0.6 is 0 Å². The quantitative estimate of drug-likeness (QED) is 0.695. The number of benzene rings is 2. The van der Waals surface area contributed by atoms with Crippen LogP contribution in [0.25, 0.3) is 0 Å². The maximum absolute atomic E-state index is 12.5. The third-order valence-electron chi connectivity index (χ3n) is 4.01. The van der Waals surface area contributed by atoms with Gasteiger partial charge in [0, 0.05) is 29.5 Å². The number of carbonyl (C=O) groups is 1. The molecule has 0 radical (unpaired) electrons. The first-order chi connectivity index (χ1) is 11.1. The highest BCUT2D eigenvalue weighted by molar-refractivity contribution is 6.01. The number of nitro benzene ring substituents is 1. The molecule has 1 aliphatic rings. The molecule has 0 aromatic heterocycles. The summed E-state index contributed by atoms with van der Waals surface area (Å²) in [4.78, 5) is 24.7. The Morgan fingerprint density at radius 3 is 2.61 bits per heavy atom. The molecule has 0 saturated carbocycles. The zero-order valence-electron chi connectivity index (χ0n) is 12.7. The van der Waals surface area contributed by atoms with Gasteiger partial charge < -0.3 is 10.2 Å². The van der Waals surface area contributed by atoms with E-state index in [0.717, 1.165) is 11.4 Å². The van der Waals surface area contributed by atoms with Gasteiger partial charge >= 0.3 is 0 Å². The first-order valence-corrected chi connectivity index (χ1v) is 7.44. The van der Waals surface area contributed by atoms with Crippen molar-refractivity contribution < 1.29 is 9.72 Å². The smallest absolute Gasteiger partial charge is 0.272 e. The minimum atomic E-state index is -0.406. The van der Waals surface area contributed by atoms with Crippen molar-refractivity contribution in [2.75, 3.05) is 16.8 Å². The molecule has 0 aliphatic carbocycles. The van der Waals surface area contributed by atoms with Crippen molar-refractivity contribution in [3.05, 3.63) is 64.2 Å². The average molecular weight is 311 g/mol. The van der Waals surface area contributed by atoms with Crippen LogP contribution in [-0.4, -0.2) is 23.4 Å². The molecule has 1 unspecified atom stereocenters. The van der Waals surface area contributed by atoms with Crippen LogP contribution in [0.3, 0.4) is 0 Å². The summed E-state index contributed by atoms with van der Waals surface area (Å²) >= 11 is 0. The van der Waals surface area contributed by atoms with Gasteiger partial charge in [0.15, 0.2) is 0 Å². The Balaban J connectivity index is 1.73. The number of amides is 1. The first-order valence-electron chi connectivity index (χ1n) is 7.44. The minimum Gasteiger partial charge on any atom is -0.374 e. The van der Waals surface area contributed by atoms with E-state index in [9.17, 15) is 14.9 Å². The molecule has 2 aromatic carbocycles. The number of nitrogens with zero attached hydrogens (tertiary/aromatic N) is 2. The van der Waals surface area contributed by atoms with E-state index in [1.54, 1.807) is 24.0 Å². The summed E-state index contributed by atoms with van der Waals surface area (Å²) in [6, 6.07) is 14.1. The number of hydrogen-bond donors (Lipinski definition) is 1. The van der Waals surface area contributed by atoms with E-state index in [0.29, 0.717) is 18.5 Å². The fraction of sp³-hybridized carbons (Fsp3) is 0.235. The lowest BCUT2D eigenvalue weighted by molar-refractivity contribution is -0.385. The number of anilines is 2. The highest BCUT2D eigenvalue weighted by atomic mass is 16.6. The Hall–Kier alpha value is -2.89. The summed E-state index contributed by atoms with van der Waals surface area (Å²) in [7, 11) is 0. The summed E-state index contributed by atoms with van der Waals surface area (Å²) in [6.45, 7) is 2.35. The second-order valence-electron chi connectivity index (χ2n) is 5.57. The maximum Gasteiger partial charge on any atom is 0.272 e. The summed E-state index contributed by atoms with van der Waals surface area (Å²) in [5.74, 6) is 0.0206. The average Bonchev–Trinajstić information content (AvgIpc) is 2.89. The van der Waals surface area contributed by atoms with Crippen molar-refractivity contribution in [3.63, 3.8) is 0 Å². The van der Waals surface area contributed by atoms with Crippen LogP contribution in [-0.2, 0) is 4.79 Å².